The first kappa shape index (κ1) is 21.9. The van der Waals surface area contributed by atoms with Crippen molar-refractivity contribution in [3.8, 4) is 0 Å². The smallest absolute Gasteiger partial charge is 0.326 e. The number of benzene rings is 1. The van der Waals surface area contributed by atoms with E-state index in [-0.39, 0.29) is 17.6 Å². The molecule has 1 aromatic carbocycles. The molecule has 3 N–H and O–H groups in total. The molecule has 2 fully saturated rings. The number of nitrogens with zero attached hydrogens (tertiary/aromatic N) is 4. The summed E-state index contributed by atoms with van der Waals surface area (Å²) >= 11 is 0. The van der Waals surface area contributed by atoms with Crippen molar-refractivity contribution in [1.29, 1.82) is 0 Å². The van der Waals surface area contributed by atoms with Gasteiger partial charge in [-0.15, -0.1) is 0 Å². The van der Waals surface area contributed by atoms with Crippen LogP contribution in [-0.2, 0) is 11.2 Å². The Hall–Kier alpha value is -2.97. The zero-order valence-corrected chi connectivity index (χ0v) is 18.9. The number of carbonyl (C=O) groups is 1. The Bertz CT molecular complexity index is 1140. The van der Waals surface area contributed by atoms with E-state index in [4.69, 9.17) is 5.73 Å². The highest BCUT2D eigenvalue weighted by atomic mass is 16.2. The van der Waals surface area contributed by atoms with Crippen LogP contribution in [0.4, 0.5) is 0 Å². The van der Waals surface area contributed by atoms with Crippen LogP contribution in [0.1, 0.15) is 37.3 Å². The Morgan fingerprint density at radius 2 is 1.76 bits per heavy atom. The van der Waals surface area contributed by atoms with Gasteiger partial charge >= 0.3 is 5.69 Å². The quantitative estimate of drug-likeness (QED) is 0.621. The summed E-state index contributed by atoms with van der Waals surface area (Å²) in [4.78, 5) is 36.9. The first-order chi connectivity index (χ1) is 16.1. The molecule has 0 aliphatic carbocycles. The summed E-state index contributed by atoms with van der Waals surface area (Å²) in [6, 6.07) is 12.0. The van der Waals surface area contributed by atoms with Crippen molar-refractivity contribution < 1.29 is 4.79 Å². The highest BCUT2D eigenvalue weighted by Crippen LogP contribution is 2.28. The molecule has 3 aromatic rings. The Balaban J connectivity index is 1.13. The monoisotopic (exact) mass is 448 g/mol. The average molecular weight is 449 g/mol. The minimum Gasteiger partial charge on any atom is -0.341 e. The molecule has 1 amide bonds. The van der Waals surface area contributed by atoms with Crippen molar-refractivity contribution in [2.45, 2.75) is 50.2 Å². The van der Waals surface area contributed by atoms with Crippen LogP contribution < -0.4 is 11.4 Å². The number of para-hydroxylation sites is 2. The van der Waals surface area contributed by atoms with Gasteiger partial charge in [-0.05, 0) is 55.9 Å². The normalized spacial score (nSPS) is 19.7. The molecule has 0 saturated carbocycles. The number of pyridine rings is 1. The van der Waals surface area contributed by atoms with Crippen molar-refractivity contribution in [2.75, 3.05) is 26.2 Å². The second-order valence-corrected chi connectivity index (χ2v) is 9.31. The predicted octanol–water partition coefficient (Wildman–Crippen LogP) is 1.92. The summed E-state index contributed by atoms with van der Waals surface area (Å²) in [5.74, 6) is 0.0368. The number of likely N-dealkylation sites (tertiary alicyclic amines) is 2. The zero-order valence-electron chi connectivity index (χ0n) is 18.9. The largest absolute Gasteiger partial charge is 0.341 e. The fourth-order valence-corrected chi connectivity index (χ4v) is 5.49. The third-order valence-corrected chi connectivity index (χ3v) is 7.28. The molecule has 4 heterocycles. The van der Waals surface area contributed by atoms with Crippen molar-refractivity contribution in [2.24, 2.45) is 5.73 Å². The maximum absolute atomic E-state index is 12.8. The fourth-order valence-electron chi connectivity index (χ4n) is 5.49. The molecule has 2 aliphatic rings. The first-order valence-electron chi connectivity index (χ1n) is 12.0. The Labute approximate surface area is 193 Å². The number of nitrogens with one attached hydrogen (secondary N) is 1. The van der Waals surface area contributed by atoms with Gasteiger partial charge in [-0.2, -0.15) is 0 Å². The standard InChI is InChI=1S/C25H32N6O2/c26-21(16-18-4-3-11-27-17-18)24(32)30-14-7-19(8-15-30)29-12-9-20(10-13-29)31-23-6-2-1-5-22(23)28-25(31)33/h1-6,11,17,19-21H,7-10,12-16,26H2,(H,28,33)/t21-/m1/s1. The van der Waals surface area contributed by atoms with Crippen LogP contribution in [0.2, 0.25) is 0 Å². The van der Waals surface area contributed by atoms with Crippen molar-refractivity contribution >= 4 is 16.9 Å². The van der Waals surface area contributed by atoms with Crippen LogP contribution in [0.3, 0.4) is 0 Å². The average Bonchev–Trinajstić information content (AvgIpc) is 3.20. The summed E-state index contributed by atoms with van der Waals surface area (Å²) in [7, 11) is 0. The molecule has 8 nitrogen and oxygen atoms in total. The molecule has 2 saturated heterocycles. The number of hydrogen-bond acceptors (Lipinski definition) is 5. The number of aromatic amines is 1. The Kier molecular flexibility index (Phi) is 6.28. The fraction of sp³-hybridized carbons (Fsp3) is 0.480. The van der Waals surface area contributed by atoms with Gasteiger partial charge in [0.1, 0.15) is 0 Å². The lowest BCUT2D eigenvalue weighted by atomic mass is 9.97. The highest BCUT2D eigenvalue weighted by Gasteiger charge is 2.32. The number of H-pyrrole nitrogens is 1. The number of rotatable bonds is 5. The second-order valence-electron chi connectivity index (χ2n) is 9.31. The minimum absolute atomic E-state index is 0.0101. The topological polar surface area (TPSA) is 100 Å². The van der Waals surface area contributed by atoms with Gasteiger partial charge in [0, 0.05) is 50.7 Å². The maximum atomic E-state index is 12.8. The lowest BCUT2D eigenvalue weighted by Gasteiger charge is -2.42. The van der Waals surface area contributed by atoms with E-state index >= 15 is 0 Å². The lowest BCUT2D eigenvalue weighted by Crippen LogP contribution is -2.52. The number of amides is 1. The number of imidazole rings is 1. The number of hydrogen-bond donors (Lipinski definition) is 2. The third-order valence-electron chi connectivity index (χ3n) is 7.28. The molecule has 1 atom stereocenters. The lowest BCUT2D eigenvalue weighted by molar-refractivity contribution is -0.134. The summed E-state index contributed by atoms with van der Waals surface area (Å²) in [5, 5.41) is 0. The molecule has 5 rings (SSSR count). The van der Waals surface area contributed by atoms with E-state index in [1.807, 2.05) is 45.9 Å². The summed E-state index contributed by atoms with van der Waals surface area (Å²) in [6.07, 6.45) is 7.91. The van der Waals surface area contributed by atoms with Crippen LogP contribution in [0.5, 0.6) is 0 Å². The number of carbonyl (C=O) groups excluding carboxylic acids is 1. The minimum atomic E-state index is -0.518. The van der Waals surface area contributed by atoms with Gasteiger partial charge in [-0.3, -0.25) is 14.3 Å². The molecule has 2 aliphatic heterocycles. The summed E-state index contributed by atoms with van der Waals surface area (Å²) in [5.41, 5.74) is 9.09. The van der Waals surface area contributed by atoms with Gasteiger partial charge in [-0.1, -0.05) is 18.2 Å². The van der Waals surface area contributed by atoms with Crippen molar-refractivity contribution in [3.05, 3.63) is 64.8 Å². The van der Waals surface area contributed by atoms with E-state index in [1.54, 1.807) is 12.4 Å². The van der Waals surface area contributed by atoms with Gasteiger partial charge < -0.3 is 20.5 Å². The molecule has 0 radical (unpaired) electrons. The van der Waals surface area contributed by atoms with Gasteiger partial charge in [0.15, 0.2) is 0 Å². The Morgan fingerprint density at radius 3 is 2.48 bits per heavy atom. The SMILES string of the molecule is N[C@H](Cc1cccnc1)C(=O)N1CCC(N2CCC(n3c(=O)[nH]c4ccccc43)CC2)CC1. The number of nitrogens with two attached hydrogens (primary N) is 1. The van der Waals surface area contributed by atoms with E-state index in [9.17, 15) is 9.59 Å². The second kappa shape index (κ2) is 9.49. The molecule has 8 heteroatoms. The molecule has 33 heavy (non-hydrogen) atoms. The molecular formula is C25H32N6O2. The molecule has 174 valence electrons. The molecule has 0 spiro atoms. The zero-order chi connectivity index (χ0) is 22.8. The van der Waals surface area contributed by atoms with Gasteiger partial charge in [-0.25, -0.2) is 4.79 Å². The van der Waals surface area contributed by atoms with E-state index in [0.717, 1.165) is 68.5 Å². The van der Waals surface area contributed by atoms with Crippen LogP contribution in [-0.4, -0.2) is 68.5 Å². The summed E-state index contributed by atoms with van der Waals surface area (Å²) in [6.45, 7) is 3.48. The van der Waals surface area contributed by atoms with Gasteiger partial charge in [0.05, 0.1) is 17.1 Å². The van der Waals surface area contributed by atoms with E-state index in [1.165, 1.54) is 0 Å². The van der Waals surface area contributed by atoms with E-state index < -0.39 is 6.04 Å². The predicted molar refractivity (Wildman–Crippen MR) is 128 cm³/mol. The number of piperidine rings is 2. The number of fused-ring (bicyclic) bond motifs is 1. The van der Waals surface area contributed by atoms with Crippen molar-refractivity contribution in [3.63, 3.8) is 0 Å². The van der Waals surface area contributed by atoms with E-state index in [2.05, 4.69) is 14.9 Å². The molecule has 2 aromatic heterocycles. The Morgan fingerprint density at radius 1 is 1.03 bits per heavy atom. The molecular weight excluding hydrogens is 416 g/mol. The van der Waals surface area contributed by atoms with Crippen LogP contribution >= 0.6 is 0 Å². The number of aromatic nitrogens is 3. The van der Waals surface area contributed by atoms with Crippen LogP contribution in [0, 0.1) is 0 Å². The molecule has 0 unspecified atom stereocenters. The van der Waals surface area contributed by atoms with Crippen molar-refractivity contribution in [1.82, 2.24) is 24.3 Å². The van der Waals surface area contributed by atoms with E-state index in [0.29, 0.717) is 12.5 Å². The van der Waals surface area contributed by atoms with Gasteiger partial charge in [0.2, 0.25) is 5.91 Å². The van der Waals surface area contributed by atoms with Crippen LogP contribution in [0.15, 0.2) is 53.6 Å². The van der Waals surface area contributed by atoms with Gasteiger partial charge in [0.25, 0.3) is 0 Å². The molecule has 0 bridgehead atoms. The maximum Gasteiger partial charge on any atom is 0.326 e. The summed E-state index contributed by atoms with van der Waals surface area (Å²) < 4.78 is 1.94. The van der Waals surface area contributed by atoms with Crippen LogP contribution in [0.25, 0.3) is 11.0 Å². The highest BCUT2D eigenvalue weighted by molar-refractivity contribution is 5.82. The first-order valence-corrected chi connectivity index (χ1v) is 12.0. The third kappa shape index (κ3) is 4.58.